The molecule has 1 aromatic heterocycles. The molecular formula is C27H31ClFN5O5S. The highest BCUT2D eigenvalue weighted by Gasteiger charge is 2.44. The number of rotatable bonds is 10. The standard InChI is InChI=1S/C27H31ClFN5O5S/c1-38-24-13-19(5-6-22(24)30)16-40(36,37)33-11-9-32(10-12-33)23-15-31-34(21-4-2-3-20(28)14-21)26(35)25(23)39-18-27(17-29)7-8-27/h2-6,13-15H,7-12,16-18,30H2,1H3. The van der Waals surface area contributed by atoms with E-state index in [2.05, 4.69) is 5.10 Å². The van der Waals surface area contributed by atoms with Gasteiger partial charge in [0.15, 0.2) is 0 Å². The fraction of sp³-hybridized carbons (Fsp3) is 0.407. The highest BCUT2D eigenvalue weighted by Crippen LogP contribution is 2.46. The molecule has 1 saturated heterocycles. The zero-order valence-electron chi connectivity index (χ0n) is 22.1. The number of hydrogen-bond acceptors (Lipinski definition) is 8. The van der Waals surface area contributed by atoms with Gasteiger partial charge in [0.1, 0.15) is 11.4 Å². The van der Waals surface area contributed by atoms with E-state index in [9.17, 15) is 17.6 Å². The highest BCUT2D eigenvalue weighted by molar-refractivity contribution is 7.88. The Labute approximate surface area is 237 Å². The van der Waals surface area contributed by atoms with Crippen molar-refractivity contribution in [3.63, 3.8) is 0 Å². The van der Waals surface area contributed by atoms with Gasteiger partial charge in [-0.05, 0) is 48.7 Å². The molecule has 2 aromatic carbocycles. The second kappa shape index (κ2) is 11.3. The van der Waals surface area contributed by atoms with Crippen LogP contribution in [0.4, 0.5) is 15.8 Å². The molecule has 2 N–H and O–H groups in total. The summed E-state index contributed by atoms with van der Waals surface area (Å²) in [5.41, 5.74) is 6.70. The van der Waals surface area contributed by atoms with Crippen LogP contribution in [0, 0.1) is 5.41 Å². The maximum Gasteiger partial charge on any atom is 0.316 e. The number of methoxy groups -OCH3 is 1. The Balaban J connectivity index is 1.36. The Bertz CT molecular complexity index is 1560. The van der Waals surface area contributed by atoms with Crippen LogP contribution in [0.1, 0.15) is 18.4 Å². The number of ether oxygens (including phenoxy) is 2. The fourth-order valence-corrected chi connectivity index (χ4v) is 6.34. The number of anilines is 2. The van der Waals surface area contributed by atoms with Crippen LogP contribution in [-0.4, -0.2) is 69.1 Å². The first-order valence-electron chi connectivity index (χ1n) is 12.9. The summed E-state index contributed by atoms with van der Waals surface area (Å²) >= 11 is 6.12. The molecule has 1 aliphatic carbocycles. The summed E-state index contributed by atoms with van der Waals surface area (Å²) in [4.78, 5) is 15.4. The number of piperazine rings is 1. The third-order valence-electron chi connectivity index (χ3n) is 7.35. The van der Waals surface area contributed by atoms with Gasteiger partial charge in [0.2, 0.25) is 15.8 Å². The van der Waals surface area contributed by atoms with Gasteiger partial charge in [0, 0.05) is 36.6 Å². The summed E-state index contributed by atoms with van der Waals surface area (Å²) in [5, 5.41) is 4.79. The second-order valence-corrected chi connectivity index (χ2v) is 12.6. The lowest BCUT2D eigenvalue weighted by atomic mass is 10.1. The Kier molecular flexibility index (Phi) is 7.94. The van der Waals surface area contributed by atoms with Gasteiger partial charge in [-0.15, -0.1) is 0 Å². The normalized spacial score (nSPS) is 17.0. The number of hydrogen-bond donors (Lipinski definition) is 1. The van der Waals surface area contributed by atoms with Crippen molar-refractivity contribution in [1.82, 2.24) is 14.1 Å². The first-order chi connectivity index (χ1) is 19.1. The summed E-state index contributed by atoms with van der Waals surface area (Å²) in [5.74, 6) is 0.284. The number of nitrogens with two attached hydrogens (primary N) is 1. The van der Waals surface area contributed by atoms with Crippen LogP contribution in [0.3, 0.4) is 0 Å². The molecule has 1 aliphatic heterocycles. The number of sulfonamides is 1. The van der Waals surface area contributed by atoms with Crippen molar-refractivity contribution in [2.24, 2.45) is 5.41 Å². The summed E-state index contributed by atoms with van der Waals surface area (Å²) < 4.78 is 53.8. The molecule has 0 bridgehead atoms. The average Bonchev–Trinajstić information content (AvgIpc) is 3.73. The average molecular weight is 592 g/mol. The minimum Gasteiger partial charge on any atom is -0.495 e. The third-order valence-corrected chi connectivity index (χ3v) is 9.44. The quantitative estimate of drug-likeness (QED) is 0.357. The Morgan fingerprint density at radius 3 is 2.52 bits per heavy atom. The summed E-state index contributed by atoms with van der Waals surface area (Å²) in [7, 11) is -2.15. The molecule has 2 fully saturated rings. The Hall–Kier alpha value is -3.35. The number of halogens is 2. The predicted octanol–water partition coefficient (Wildman–Crippen LogP) is 3.26. The molecule has 40 heavy (non-hydrogen) atoms. The first kappa shape index (κ1) is 28.2. The molecule has 0 atom stereocenters. The van der Waals surface area contributed by atoms with Crippen LogP contribution in [0.25, 0.3) is 5.69 Å². The first-order valence-corrected chi connectivity index (χ1v) is 14.9. The molecule has 0 spiro atoms. The zero-order valence-corrected chi connectivity index (χ0v) is 23.6. The summed E-state index contributed by atoms with van der Waals surface area (Å²) in [6.07, 6.45) is 2.92. The van der Waals surface area contributed by atoms with E-state index >= 15 is 0 Å². The molecule has 0 unspecified atom stereocenters. The molecule has 2 heterocycles. The second-order valence-electron chi connectivity index (χ2n) is 10.2. The maximum atomic E-state index is 13.6. The van der Waals surface area contributed by atoms with Gasteiger partial charge in [0.25, 0.3) is 0 Å². The summed E-state index contributed by atoms with van der Waals surface area (Å²) in [6.45, 7) is 0.602. The van der Waals surface area contributed by atoms with Crippen molar-refractivity contribution in [1.29, 1.82) is 0 Å². The topological polar surface area (TPSA) is 120 Å². The molecule has 0 radical (unpaired) electrons. The molecule has 10 nitrogen and oxygen atoms in total. The van der Waals surface area contributed by atoms with Crippen molar-refractivity contribution in [3.8, 4) is 17.2 Å². The van der Waals surface area contributed by atoms with E-state index in [-0.39, 0.29) is 31.2 Å². The molecular weight excluding hydrogens is 561 g/mol. The molecule has 3 aromatic rings. The number of aromatic nitrogens is 2. The van der Waals surface area contributed by atoms with Crippen molar-refractivity contribution in [3.05, 3.63) is 69.6 Å². The lowest BCUT2D eigenvalue weighted by Gasteiger charge is -2.35. The van der Waals surface area contributed by atoms with Crippen molar-refractivity contribution in [2.75, 3.05) is 57.2 Å². The lowest BCUT2D eigenvalue weighted by Crippen LogP contribution is -2.49. The van der Waals surface area contributed by atoms with E-state index in [1.807, 2.05) is 4.90 Å². The number of benzene rings is 2. The number of nitrogen functional groups attached to an aromatic ring is 1. The largest absolute Gasteiger partial charge is 0.495 e. The van der Waals surface area contributed by atoms with Gasteiger partial charge in [-0.3, -0.25) is 9.18 Å². The molecule has 214 valence electrons. The predicted molar refractivity (Wildman–Crippen MR) is 152 cm³/mol. The number of alkyl halides is 1. The van der Waals surface area contributed by atoms with E-state index in [0.29, 0.717) is 59.3 Å². The monoisotopic (exact) mass is 591 g/mol. The van der Waals surface area contributed by atoms with Crippen LogP contribution in [-0.2, 0) is 15.8 Å². The van der Waals surface area contributed by atoms with Crippen molar-refractivity contribution in [2.45, 2.75) is 18.6 Å². The van der Waals surface area contributed by atoms with Crippen LogP contribution < -0.4 is 25.7 Å². The van der Waals surface area contributed by atoms with Gasteiger partial charge < -0.3 is 20.1 Å². The third kappa shape index (κ3) is 5.89. The smallest absolute Gasteiger partial charge is 0.316 e. The lowest BCUT2D eigenvalue weighted by molar-refractivity contribution is 0.197. The van der Waals surface area contributed by atoms with Gasteiger partial charge >= 0.3 is 5.56 Å². The maximum absolute atomic E-state index is 13.6. The molecule has 0 amide bonds. The molecule has 13 heteroatoms. The van der Waals surface area contributed by atoms with Gasteiger partial charge in [-0.1, -0.05) is 23.7 Å². The van der Waals surface area contributed by atoms with Crippen LogP contribution >= 0.6 is 11.6 Å². The van der Waals surface area contributed by atoms with Gasteiger partial charge in [0.05, 0.1) is 43.7 Å². The number of nitrogens with zero attached hydrogens (tertiary/aromatic N) is 4. The molecule has 5 rings (SSSR count). The van der Waals surface area contributed by atoms with E-state index < -0.39 is 27.7 Å². The van der Waals surface area contributed by atoms with Crippen LogP contribution in [0.15, 0.2) is 53.5 Å². The van der Waals surface area contributed by atoms with E-state index in [4.69, 9.17) is 26.8 Å². The minimum absolute atomic E-state index is 0.0555. The van der Waals surface area contributed by atoms with E-state index in [1.54, 1.807) is 42.5 Å². The summed E-state index contributed by atoms with van der Waals surface area (Å²) in [6, 6.07) is 11.6. The Morgan fingerprint density at radius 2 is 1.88 bits per heavy atom. The Morgan fingerprint density at radius 1 is 1.12 bits per heavy atom. The molecule has 1 saturated carbocycles. The van der Waals surface area contributed by atoms with Crippen molar-refractivity contribution < 1.29 is 22.3 Å². The highest BCUT2D eigenvalue weighted by atomic mass is 35.5. The van der Waals surface area contributed by atoms with Crippen LogP contribution in [0.2, 0.25) is 5.02 Å². The minimum atomic E-state index is -3.63. The van der Waals surface area contributed by atoms with Gasteiger partial charge in [-0.2, -0.15) is 14.1 Å². The van der Waals surface area contributed by atoms with Crippen molar-refractivity contribution >= 4 is 33.0 Å². The van der Waals surface area contributed by atoms with E-state index in [0.717, 1.165) is 0 Å². The zero-order chi connectivity index (χ0) is 28.5. The fourth-order valence-electron chi connectivity index (χ4n) is 4.65. The van der Waals surface area contributed by atoms with Gasteiger partial charge in [-0.25, -0.2) is 8.42 Å². The van der Waals surface area contributed by atoms with Crippen LogP contribution in [0.5, 0.6) is 11.5 Å². The molecule has 2 aliphatic rings. The van der Waals surface area contributed by atoms with E-state index in [1.165, 1.54) is 22.3 Å². The SMILES string of the molecule is COc1cc(CS(=O)(=O)N2CCN(c3cnn(-c4cccc(Cl)c4)c(=O)c3OCC3(CF)CC3)CC2)ccc1N.